The second kappa shape index (κ2) is 3.11. The van der Waals surface area contributed by atoms with E-state index in [9.17, 15) is 0 Å². The fraction of sp³-hybridized carbons (Fsp3) is 0.889. The zero-order valence-electron chi connectivity index (χ0n) is 7.59. The van der Waals surface area contributed by atoms with Crippen molar-refractivity contribution in [2.75, 3.05) is 13.2 Å². The Morgan fingerprint density at radius 1 is 1.18 bits per heavy atom. The van der Waals surface area contributed by atoms with Gasteiger partial charge in [-0.3, -0.25) is 0 Å². The molecule has 0 atom stereocenters. The zero-order valence-corrected chi connectivity index (χ0v) is 7.59. The Kier molecular flexibility index (Phi) is 2.55. The van der Waals surface area contributed by atoms with Gasteiger partial charge in [-0.25, -0.2) is 0 Å². The lowest BCUT2D eigenvalue weighted by molar-refractivity contribution is -0.236. The average molecular weight is 157 g/mol. The molecule has 0 aromatic heterocycles. The van der Waals surface area contributed by atoms with Gasteiger partial charge in [0.05, 0.1) is 13.2 Å². The van der Waals surface area contributed by atoms with Crippen molar-refractivity contribution >= 4 is 0 Å². The van der Waals surface area contributed by atoms with Gasteiger partial charge in [-0.15, -0.1) is 0 Å². The van der Waals surface area contributed by atoms with Gasteiger partial charge in [0.1, 0.15) is 0 Å². The van der Waals surface area contributed by atoms with Crippen LogP contribution in [0.2, 0.25) is 0 Å². The molecule has 0 saturated carbocycles. The van der Waals surface area contributed by atoms with Crippen LogP contribution in [0.4, 0.5) is 0 Å². The molecule has 11 heavy (non-hydrogen) atoms. The standard InChI is InChI=1S/C9H17O2/c1-7-5-10-8(11-6-7)9(2,3)4/h7-8H,1,5-6H2,2-4H3. The number of hydrogen-bond donors (Lipinski definition) is 0. The summed E-state index contributed by atoms with van der Waals surface area (Å²) in [5.74, 6) is 0.300. The van der Waals surface area contributed by atoms with E-state index in [1.54, 1.807) is 0 Å². The Balaban J connectivity index is 2.39. The first kappa shape index (κ1) is 9.01. The third kappa shape index (κ3) is 2.46. The fourth-order valence-corrected chi connectivity index (χ4v) is 1.04. The maximum Gasteiger partial charge on any atom is 0.162 e. The second-order valence-electron chi connectivity index (χ2n) is 4.23. The van der Waals surface area contributed by atoms with Gasteiger partial charge in [-0.1, -0.05) is 20.8 Å². The quantitative estimate of drug-likeness (QED) is 0.534. The fourth-order valence-electron chi connectivity index (χ4n) is 1.04. The summed E-state index contributed by atoms with van der Waals surface area (Å²) in [5, 5.41) is 0. The van der Waals surface area contributed by atoms with Gasteiger partial charge in [0.25, 0.3) is 0 Å². The molecule has 1 radical (unpaired) electrons. The minimum atomic E-state index is -0.0551. The van der Waals surface area contributed by atoms with E-state index in [-0.39, 0.29) is 11.7 Å². The van der Waals surface area contributed by atoms with E-state index in [1.807, 2.05) is 0 Å². The largest absolute Gasteiger partial charge is 0.352 e. The minimum absolute atomic E-state index is 0.0551. The molecule has 1 aliphatic rings. The summed E-state index contributed by atoms with van der Waals surface area (Å²) >= 11 is 0. The van der Waals surface area contributed by atoms with Crippen molar-refractivity contribution in [2.45, 2.75) is 27.1 Å². The van der Waals surface area contributed by atoms with Crippen LogP contribution in [-0.2, 0) is 9.47 Å². The maximum absolute atomic E-state index is 5.47. The Morgan fingerprint density at radius 2 is 1.64 bits per heavy atom. The van der Waals surface area contributed by atoms with Crippen molar-refractivity contribution in [3.63, 3.8) is 0 Å². The van der Waals surface area contributed by atoms with Crippen LogP contribution in [0.5, 0.6) is 0 Å². The first-order valence-electron chi connectivity index (χ1n) is 4.06. The van der Waals surface area contributed by atoms with Gasteiger partial charge >= 0.3 is 0 Å². The number of ether oxygens (including phenoxy) is 2. The SMILES string of the molecule is [CH2]C1COC(C(C)(C)C)OC1. The van der Waals surface area contributed by atoms with Crippen LogP contribution in [0.3, 0.4) is 0 Å². The first-order chi connectivity index (χ1) is 5.00. The highest BCUT2D eigenvalue weighted by molar-refractivity contribution is 4.72. The van der Waals surface area contributed by atoms with Crippen LogP contribution in [0.15, 0.2) is 0 Å². The molecule has 0 spiro atoms. The molecule has 0 aromatic carbocycles. The average Bonchev–Trinajstić information content (AvgIpc) is 1.86. The summed E-state index contributed by atoms with van der Waals surface area (Å²) in [7, 11) is 0. The monoisotopic (exact) mass is 157 g/mol. The maximum atomic E-state index is 5.47. The zero-order chi connectivity index (χ0) is 8.48. The van der Waals surface area contributed by atoms with E-state index >= 15 is 0 Å². The molecular formula is C9H17O2. The molecule has 0 N–H and O–H groups in total. The van der Waals surface area contributed by atoms with Crippen LogP contribution >= 0.6 is 0 Å². The molecular weight excluding hydrogens is 140 g/mol. The summed E-state index contributed by atoms with van der Waals surface area (Å²) in [6.07, 6.45) is -0.0551. The minimum Gasteiger partial charge on any atom is -0.352 e. The molecule has 2 nitrogen and oxygen atoms in total. The lowest BCUT2D eigenvalue weighted by Crippen LogP contribution is -2.39. The highest BCUT2D eigenvalue weighted by Crippen LogP contribution is 2.26. The van der Waals surface area contributed by atoms with E-state index in [0.29, 0.717) is 5.92 Å². The van der Waals surface area contributed by atoms with E-state index in [0.717, 1.165) is 13.2 Å². The van der Waals surface area contributed by atoms with Crippen LogP contribution in [0.1, 0.15) is 20.8 Å². The Hall–Kier alpha value is -0.0800. The van der Waals surface area contributed by atoms with Gasteiger partial charge in [-0.2, -0.15) is 0 Å². The van der Waals surface area contributed by atoms with Crippen molar-refractivity contribution in [3.05, 3.63) is 6.92 Å². The first-order valence-corrected chi connectivity index (χ1v) is 4.06. The molecule has 1 heterocycles. The smallest absolute Gasteiger partial charge is 0.162 e. The number of rotatable bonds is 0. The topological polar surface area (TPSA) is 18.5 Å². The molecule has 0 aromatic rings. The highest BCUT2D eigenvalue weighted by Gasteiger charge is 2.30. The molecule has 0 unspecified atom stereocenters. The van der Waals surface area contributed by atoms with Gasteiger partial charge in [0, 0.05) is 11.3 Å². The molecule has 0 aliphatic carbocycles. The van der Waals surface area contributed by atoms with E-state index in [2.05, 4.69) is 27.7 Å². The number of hydrogen-bond acceptors (Lipinski definition) is 2. The van der Waals surface area contributed by atoms with Crippen molar-refractivity contribution in [1.82, 2.24) is 0 Å². The van der Waals surface area contributed by atoms with E-state index < -0.39 is 0 Å². The molecule has 0 bridgehead atoms. The van der Waals surface area contributed by atoms with Crippen LogP contribution in [0, 0.1) is 18.3 Å². The van der Waals surface area contributed by atoms with Gasteiger partial charge in [-0.05, 0) is 6.92 Å². The highest BCUT2D eigenvalue weighted by atomic mass is 16.7. The third-order valence-electron chi connectivity index (χ3n) is 1.67. The van der Waals surface area contributed by atoms with Crippen LogP contribution in [-0.4, -0.2) is 19.5 Å². The van der Waals surface area contributed by atoms with Gasteiger partial charge < -0.3 is 9.47 Å². The van der Waals surface area contributed by atoms with Crippen molar-refractivity contribution < 1.29 is 9.47 Å². The van der Waals surface area contributed by atoms with Crippen molar-refractivity contribution in [1.29, 1.82) is 0 Å². The van der Waals surface area contributed by atoms with Gasteiger partial charge in [0.2, 0.25) is 0 Å². The molecule has 1 fully saturated rings. The van der Waals surface area contributed by atoms with E-state index in [4.69, 9.17) is 9.47 Å². The van der Waals surface area contributed by atoms with Crippen molar-refractivity contribution in [3.8, 4) is 0 Å². The van der Waals surface area contributed by atoms with E-state index in [1.165, 1.54) is 0 Å². The summed E-state index contributed by atoms with van der Waals surface area (Å²) in [6, 6.07) is 0. The molecule has 1 saturated heterocycles. The molecule has 1 aliphatic heterocycles. The normalized spacial score (nSPS) is 33.8. The Bertz CT molecular complexity index is 118. The lowest BCUT2D eigenvalue weighted by atomic mass is 9.95. The van der Waals surface area contributed by atoms with Crippen molar-refractivity contribution in [2.24, 2.45) is 11.3 Å². The van der Waals surface area contributed by atoms with Gasteiger partial charge in [0.15, 0.2) is 6.29 Å². The Labute approximate surface area is 68.9 Å². The molecule has 2 heteroatoms. The summed E-state index contributed by atoms with van der Waals surface area (Å²) in [5.41, 5.74) is 0.0835. The molecule has 65 valence electrons. The summed E-state index contributed by atoms with van der Waals surface area (Å²) < 4.78 is 10.9. The molecule has 1 rings (SSSR count). The third-order valence-corrected chi connectivity index (χ3v) is 1.67. The Morgan fingerprint density at radius 3 is 2.00 bits per heavy atom. The predicted octanol–water partition coefficient (Wildman–Crippen LogP) is 1.86. The van der Waals surface area contributed by atoms with Crippen LogP contribution in [0.25, 0.3) is 0 Å². The predicted molar refractivity (Wildman–Crippen MR) is 44.0 cm³/mol. The molecule has 0 amide bonds. The lowest BCUT2D eigenvalue weighted by Gasteiger charge is -2.35. The summed E-state index contributed by atoms with van der Waals surface area (Å²) in [6.45, 7) is 11.6. The summed E-state index contributed by atoms with van der Waals surface area (Å²) in [4.78, 5) is 0. The second-order valence-corrected chi connectivity index (χ2v) is 4.23. The van der Waals surface area contributed by atoms with Crippen LogP contribution < -0.4 is 0 Å².